The number of hydrogen-bond acceptors (Lipinski definition) is 3. The van der Waals surface area contributed by atoms with Crippen LogP contribution in [0, 0.1) is 0 Å². The molecule has 2 amide bonds. The monoisotopic (exact) mass is 282 g/mol. The van der Waals surface area contributed by atoms with Crippen molar-refractivity contribution in [2.24, 2.45) is 0 Å². The molecule has 0 bridgehead atoms. The van der Waals surface area contributed by atoms with Crippen molar-refractivity contribution in [3.8, 4) is 5.75 Å². The predicted octanol–water partition coefficient (Wildman–Crippen LogP) is 0.848. The highest BCUT2D eigenvalue weighted by molar-refractivity contribution is 6.30. The van der Waals surface area contributed by atoms with E-state index in [0.717, 1.165) is 5.56 Å². The average Bonchev–Trinajstić information content (AvgIpc) is 2.78. The summed E-state index contributed by atoms with van der Waals surface area (Å²) in [6, 6.07) is 5.25. The largest absolute Gasteiger partial charge is 0.480 e. The second-order valence-electron chi connectivity index (χ2n) is 4.57. The molecule has 1 atom stereocenters. The first-order valence-corrected chi connectivity index (χ1v) is 6.28. The fourth-order valence-electron chi connectivity index (χ4n) is 1.80. The number of hydrogen-bond donors (Lipinski definition) is 1. The van der Waals surface area contributed by atoms with E-state index in [1.807, 2.05) is 0 Å². The first-order chi connectivity index (χ1) is 8.97. The molecule has 6 heteroatoms. The zero-order valence-electron chi connectivity index (χ0n) is 10.8. The molecular formula is C13H15ClN2O3. The minimum Gasteiger partial charge on any atom is -0.480 e. The molecule has 5 nitrogen and oxygen atoms in total. The Kier molecular flexibility index (Phi) is 3.95. The third kappa shape index (κ3) is 3.17. The van der Waals surface area contributed by atoms with Crippen LogP contribution in [0.4, 0.5) is 0 Å². The number of rotatable bonds is 3. The molecule has 0 saturated carbocycles. The van der Waals surface area contributed by atoms with Gasteiger partial charge in [0.05, 0.1) is 6.54 Å². The summed E-state index contributed by atoms with van der Waals surface area (Å²) >= 11 is 5.88. The molecule has 1 N–H and O–H groups in total. The van der Waals surface area contributed by atoms with Crippen molar-refractivity contribution in [2.45, 2.75) is 12.5 Å². The third-order valence-corrected chi connectivity index (χ3v) is 3.14. The van der Waals surface area contributed by atoms with Crippen LogP contribution in [0.5, 0.6) is 5.75 Å². The van der Waals surface area contributed by atoms with E-state index in [1.165, 1.54) is 4.90 Å². The Morgan fingerprint density at radius 1 is 1.47 bits per heavy atom. The van der Waals surface area contributed by atoms with E-state index in [-0.39, 0.29) is 18.4 Å². The molecule has 0 fully saturated rings. The predicted molar refractivity (Wildman–Crippen MR) is 71.3 cm³/mol. The Balaban J connectivity index is 1.92. The zero-order valence-corrected chi connectivity index (χ0v) is 11.5. The lowest BCUT2D eigenvalue weighted by atomic mass is 10.1. The Labute approximate surface area is 116 Å². The number of halogens is 1. The molecule has 1 aliphatic heterocycles. The normalized spacial score (nSPS) is 16.5. The molecule has 0 spiro atoms. The summed E-state index contributed by atoms with van der Waals surface area (Å²) < 4.78 is 5.52. The van der Waals surface area contributed by atoms with Gasteiger partial charge in [-0.2, -0.15) is 0 Å². The summed E-state index contributed by atoms with van der Waals surface area (Å²) in [6.45, 7) is -0.0250. The van der Waals surface area contributed by atoms with Gasteiger partial charge in [0.1, 0.15) is 5.75 Å². The van der Waals surface area contributed by atoms with Crippen molar-refractivity contribution < 1.29 is 14.3 Å². The van der Waals surface area contributed by atoms with Crippen molar-refractivity contribution in [3.05, 3.63) is 28.8 Å². The van der Waals surface area contributed by atoms with Crippen LogP contribution < -0.4 is 10.1 Å². The second-order valence-corrected chi connectivity index (χ2v) is 5.01. The molecular weight excluding hydrogens is 268 g/mol. The Bertz CT molecular complexity index is 517. The van der Waals surface area contributed by atoms with Crippen LogP contribution >= 0.6 is 11.6 Å². The van der Waals surface area contributed by atoms with Crippen LogP contribution in [-0.2, 0) is 16.0 Å². The van der Waals surface area contributed by atoms with Crippen molar-refractivity contribution >= 4 is 23.4 Å². The number of nitrogens with zero attached hydrogens (tertiary/aromatic N) is 1. The number of benzene rings is 1. The zero-order chi connectivity index (χ0) is 14.0. The summed E-state index contributed by atoms with van der Waals surface area (Å²) in [5.41, 5.74) is 0.909. The van der Waals surface area contributed by atoms with Crippen molar-refractivity contribution in [1.29, 1.82) is 0 Å². The minimum atomic E-state index is -0.594. The van der Waals surface area contributed by atoms with Gasteiger partial charge in [0.15, 0.2) is 6.10 Å². The highest BCUT2D eigenvalue weighted by Gasteiger charge is 2.29. The second kappa shape index (κ2) is 5.48. The van der Waals surface area contributed by atoms with Gasteiger partial charge >= 0.3 is 0 Å². The van der Waals surface area contributed by atoms with E-state index >= 15 is 0 Å². The lowest BCUT2D eigenvalue weighted by Crippen LogP contribution is -2.42. The van der Waals surface area contributed by atoms with E-state index in [1.54, 1.807) is 32.3 Å². The summed E-state index contributed by atoms with van der Waals surface area (Å²) in [5, 5.41) is 3.18. The first kappa shape index (κ1) is 13.7. The van der Waals surface area contributed by atoms with Gasteiger partial charge in [-0.15, -0.1) is 0 Å². The molecule has 0 aliphatic carbocycles. The molecule has 1 heterocycles. The summed E-state index contributed by atoms with van der Waals surface area (Å²) in [4.78, 5) is 24.7. The average molecular weight is 283 g/mol. The van der Waals surface area contributed by atoms with Gasteiger partial charge in [-0.1, -0.05) is 11.6 Å². The Morgan fingerprint density at radius 2 is 2.21 bits per heavy atom. The number of fused-ring (bicyclic) bond motifs is 1. The van der Waals surface area contributed by atoms with Crippen molar-refractivity contribution in [1.82, 2.24) is 10.2 Å². The summed E-state index contributed by atoms with van der Waals surface area (Å²) in [5.74, 6) is 0.220. The van der Waals surface area contributed by atoms with Crippen LogP contribution in [0.15, 0.2) is 18.2 Å². The van der Waals surface area contributed by atoms with Gasteiger partial charge < -0.3 is 15.0 Å². The molecule has 0 saturated heterocycles. The van der Waals surface area contributed by atoms with Gasteiger partial charge in [-0.05, 0) is 23.8 Å². The molecule has 2 rings (SSSR count). The topological polar surface area (TPSA) is 58.6 Å². The van der Waals surface area contributed by atoms with Crippen LogP contribution in [0.1, 0.15) is 5.56 Å². The SMILES string of the molecule is CN(C)C(=O)CNC(=O)C1Cc2cc(Cl)ccc2O1. The Morgan fingerprint density at radius 3 is 2.89 bits per heavy atom. The lowest BCUT2D eigenvalue weighted by molar-refractivity contribution is -0.133. The fourth-order valence-corrected chi connectivity index (χ4v) is 1.99. The molecule has 0 radical (unpaired) electrons. The van der Waals surface area contributed by atoms with Crippen LogP contribution in [0.2, 0.25) is 5.02 Å². The van der Waals surface area contributed by atoms with E-state index < -0.39 is 6.10 Å². The third-order valence-electron chi connectivity index (χ3n) is 2.90. The number of amides is 2. The molecule has 1 aliphatic rings. The minimum absolute atomic E-state index is 0.0250. The van der Waals surface area contributed by atoms with Gasteiger partial charge in [0.2, 0.25) is 5.91 Å². The molecule has 19 heavy (non-hydrogen) atoms. The van der Waals surface area contributed by atoms with E-state index in [2.05, 4.69) is 5.32 Å². The highest BCUT2D eigenvalue weighted by Crippen LogP contribution is 2.30. The first-order valence-electron chi connectivity index (χ1n) is 5.90. The van der Waals surface area contributed by atoms with E-state index in [9.17, 15) is 9.59 Å². The van der Waals surface area contributed by atoms with Crippen molar-refractivity contribution in [2.75, 3.05) is 20.6 Å². The number of likely N-dealkylation sites (N-methyl/N-ethyl adjacent to an activating group) is 1. The molecule has 102 valence electrons. The molecule has 1 aromatic carbocycles. The van der Waals surface area contributed by atoms with Gasteiger partial charge in [-0.3, -0.25) is 9.59 Å². The maximum Gasteiger partial charge on any atom is 0.261 e. The van der Waals surface area contributed by atoms with E-state index in [4.69, 9.17) is 16.3 Å². The number of ether oxygens (including phenoxy) is 1. The lowest BCUT2D eigenvalue weighted by Gasteiger charge is -2.13. The fraction of sp³-hybridized carbons (Fsp3) is 0.385. The smallest absolute Gasteiger partial charge is 0.261 e. The summed E-state index contributed by atoms with van der Waals surface area (Å²) in [6.07, 6.45) is -0.124. The van der Waals surface area contributed by atoms with Gasteiger partial charge in [0.25, 0.3) is 5.91 Å². The molecule has 1 unspecified atom stereocenters. The standard InChI is InChI=1S/C13H15ClN2O3/c1-16(2)12(17)7-15-13(18)11-6-8-5-9(14)3-4-10(8)19-11/h3-5,11H,6-7H2,1-2H3,(H,15,18). The van der Waals surface area contributed by atoms with Crippen molar-refractivity contribution in [3.63, 3.8) is 0 Å². The maximum absolute atomic E-state index is 11.9. The summed E-state index contributed by atoms with van der Waals surface area (Å²) in [7, 11) is 3.27. The van der Waals surface area contributed by atoms with Crippen LogP contribution in [-0.4, -0.2) is 43.5 Å². The van der Waals surface area contributed by atoms with Gasteiger partial charge in [-0.25, -0.2) is 0 Å². The number of carbonyl (C=O) groups is 2. The van der Waals surface area contributed by atoms with E-state index in [0.29, 0.717) is 17.2 Å². The number of nitrogens with one attached hydrogen (secondary N) is 1. The molecule has 1 aromatic rings. The molecule has 0 aromatic heterocycles. The van der Waals surface area contributed by atoms with Crippen LogP contribution in [0.3, 0.4) is 0 Å². The van der Waals surface area contributed by atoms with Crippen LogP contribution in [0.25, 0.3) is 0 Å². The quantitative estimate of drug-likeness (QED) is 0.894. The van der Waals surface area contributed by atoms with Gasteiger partial charge in [0, 0.05) is 25.5 Å². The number of carbonyl (C=O) groups excluding carboxylic acids is 2. The Hall–Kier alpha value is -1.75. The maximum atomic E-state index is 11.9. The highest BCUT2D eigenvalue weighted by atomic mass is 35.5.